The van der Waals surface area contributed by atoms with E-state index >= 15 is 0 Å². The van der Waals surface area contributed by atoms with Crippen LogP contribution in [0.2, 0.25) is 0 Å². The van der Waals surface area contributed by atoms with E-state index in [1.165, 1.54) is 11.1 Å². The second-order valence-corrected chi connectivity index (χ2v) is 6.07. The van der Waals surface area contributed by atoms with Crippen molar-refractivity contribution in [2.24, 2.45) is 0 Å². The molecule has 0 fully saturated rings. The molecule has 2 heterocycles. The molecule has 5 heteroatoms. The first-order chi connectivity index (χ1) is 10.1. The average molecular weight is 286 g/mol. The van der Waals surface area contributed by atoms with E-state index in [1.54, 1.807) is 0 Å². The van der Waals surface area contributed by atoms with Gasteiger partial charge < -0.3 is 10.4 Å². The monoisotopic (exact) mass is 286 g/mol. The van der Waals surface area contributed by atoms with E-state index in [1.807, 2.05) is 4.68 Å². The van der Waals surface area contributed by atoms with Crippen LogP contribution in [0, 0.1) is 0 Å². The summed E-state index contributed by atoms with van der Waals surface area (Å²) in [5.41, 5.74) is 2.58. The Balaban J connectivity index is 1.96. The molecule has 1 aliphatic rings. The lowest BCUT2D eigenvalue weighted by Gasteiger charge is -2.29. The molecule has 3 rings (SSSR count). The van der Waals surface area contributed by atoms with Crippen molar-refractivity contribution in [3.05, 3.63) is 41.2 Å². The number of rotatable bonds is 3. The Bertz CT molecular complexity index is 618. The van der Waals surface area contributed by atoms with Crippen LogP contribution >= 0.6 is 0 Å². The van der Waals surface area contributed by atoms with Gasteiger partial charge in [-0.25, -0.2) is 4.68 Å². The molecule has 2 aromatic rings. The van der Waals surface area contributed by atoms with Crippen LogP contribution in [0.15, 0.2) is 24.3 Å². The maximum Gasteiger partial charge on any atom is 0.222 e. The lowest BCUT2D eigenvalue weighted by atomic mass is 9.95. The van der Waals surface area contributed by atoms with Gasteiger partial charge in [-0.1, -0.05) is 38.1 Å². The molecule has 1 aromatic heterocycles. The molecule has 2 N–H and O–H groups in total. The molecule has 0 saturated carbocycles. The molecule has 0 aliphatic carbocycles. The maximum absolute atomic E-state index is 9.24. The van der Waals surface area contributed by atoms with Crippen LogP contribution in [0.25, 0.3) is 0 Å². The van der Waals surface area contributed by atoms with E-state index in [-0.39, 0.29) is 12.6 Å². The Morgan fingerprint density at radius 3 is 2.67 bits per heavy atom. The number of aromatic nitrogens is 3. The van der Waals surface area contributed by atoms with Crippen LogP contribution in [0.4, 0.5) is 5.95 Å². The van der Waals surface area contributed by atoms with E-state index in [9.17, 15) is 5.11 Å². The van der Waals surface area contributed by atoms with Crippen LogP contribution in [-0.4, -0.2) is 25.9 Å². The highest BCUT2D eigenvalue weighted by molar-refractivity contribution is 5.35. The fourth-order valence-electron chi connectivity index (χ4n) is 2.84. The zero-order valence-corrected chi connectivity index (χ0v) is 12.7. The van der Waals surface area contributed by atoms with E-state index in [4.69, 9.17) is 0 Å². The summed E-state index contributed by atoms with van der Waals surface area (Å²) in [4.78, 5) is 4.33. The normalized spacial score (nSPS) is 21.2. The second-order valence-electron chi connectivity index (χ2n) is 6.07. The Morgan fingerprint density at radius 2 is 2.05 bits per heavy atom. The Labute approximate surface area is 125 Å². The van der Waals surface area contributed by atoms with Crippen molar-refractivity contribution in [3.63, 3.8) is 0 Å². The van der Waals surface area contributed by atoms with Crippen LogP contribution in [0.5, 0.6) is 0 Å². The number of benzene rings is 1. The SMILES string of the molecule is CC(C)c1ccc([C@@H]2C[C@H](C)Nc3nc(CO)nn32)cc1. The lowest BCUT2D eigenvalue weighted by molar-refractivity contribution is 0.270. The number of fused-ring (bicyclic) bond motifs is 1. The van der Waals surface area contributed by atoms with E-state index in [0.29, 0.717) is 17.8 Å². The van der Waals surface area contributed by atoms with Gasteiger partial charge in [0.1, 0.15) is 6.61 Å². The predicted molar refractivity (Wildman–Crippen MR) is 82.3 cm³/mol. The predicted octanol–water partition coefficient (Wildman–Crippen LogP) is 2.69. The summed E-state index contributed by atoms with van der Waals surface area (Å²) in [6.07, 6.45) is 0.961. The summed E-state index contributed by atoms with van der Waals surface area (Å²) < 4.78 is 1.90. The quantitative estimate of drug-likeness (QED) is 0.910. The molecule has 1 aliphatic heterocycles. The first kappa shape index (κ1) is 14.1. The van der Waals surface area contributed by atoms with Crippen LogP contribution < -0.4 is 5.32 Å². The third-order valence-corrected chi connectivity index (χ3v) is 4.05. The van der Waals surface area contributed by atoms with Gasteiger partial charge in [0.25, 0.3) is 0 Å². The highest BCUT2D eigenvalue weighted by Crippen LogP contribution is 2.31. The summed E-state index contributed by atoms with van der Waals surface area (Å²) in [7, 11) is 0. The first-order valence-corrected chi connectivity index (χ1v) is 7.51. The van der Waals surface area contributed by atoms with Gasteiger partial charge in [-0.2, -0.15) is 10.1 Å². The molecule has 0 radical (unpaired) electrons. The van der Waals surface area contributed by atoms with Crippen LogP contribution in [0.3, 0.4) is 0 Å². The number of aliphatic hydroxyl groups is 1. The van der Waals surface area contributed by atoms with Gasteiger partial charge in [0, 0.05) is 6.04 Å². The van der Waals surface area contributed by atoms with Crippen LogP contribution in [0.1, 0.15) is 56.1 Å². The molecule has 0 unspecified atom stereocenters. The van der Waals surface area contributed by atoms with Crippen molar-refractivity contribution in [2.45, 2.75) is 51.8 Å². The number of nitrogens with zero attached hydrogens (tertiary/aromatic N) is 3. The number of nitrogens with one attached hydrogen (secondary N) is 1. The van der Waals surface area contributed by atoms with Gasteiger partial charge in [-0.3, -0.25) is 0 Å². The third kappa shape index (κ3) is 2.65. The standard InChI is InChI=1S/C16H22N4O/c1-10(2)12-4-6-13(7-5-12)14-8-11(3)17-16-18-15(9-21)19-20(14)16/h4-7,10-11,14,21H,8-9H2,1-3H3,(H,17,18,19)/t11-,14-/m0/s1. The summed E-state index contributed by atoms with van der Waals surface area (Å²) in [6.45, 7) is 6.41. The summed E-state index contributed by atoms with van der Waals surface area (Å²) in [5.74, 6) is 1.75. The van der Waals surface area contributed by atoms with Crippen molar-refractivity contribution in [1.29, 1.82) is 0 Å². The van der Waals surface area contributed by atoms with Crippen molar-refractivity contribution in [3.8, 4) is 0 Å². The number of anilines is 1. The zero-order chi connectivity index (χ0) is 15.0. The molecule has 0 saturated heterocycles. The van der Waals surface area contributed by atoms with Crippen LogP contribution in [-0.2, 0) is 6.61 Å². The fraction of sp³-hybridized carbons (Fsp3) is 0.500. The minimum Gasteiger partial charge on any atom is -0.388 e. The minimum atomic E-state index is -0.130. The molecule has 2 atom stereocenters. The van der Waals surface area contributed by atoms with Gasteiger partial charge in [0.2, 0.25) is 5.95 Å². The summed E-state index contributed by atoms with van der Waals surface area (Å²) in [6, 6.07) is 9.25. The average Bonchev–Trinajstić information content (AvgIpc) is 2.89. The zero-order valence-electron chi connectivity index (χ0n) is 12.7. The van der Waals surface area contributed by atoms with Gasteiger partial charge in [0.15, 0.2) is 5.82 Å². The van der Waals surface area contributed by atoms with Gasteiger partial charge in [0.05, 0.1) is 6.04 Å². The Morgan fingerprint density at radius 1 is 1.33 bits per heavy atom. The smallest absolute Gasteiger partial charge is 0.222 e. The molecule has 0 bridgehead atoms. The van der Waals surface area contributed by atoms with Crippen molar-refractivity contribution in [1.82, 2.24) is 14.8 Å². The number of hydrogen-bond acceptors (Lipinski definition) is 4. The minimum absolute atomic E-state index is 0.130. The highest BCUT2D eigenvalue weighted by Gasteiger charge is 2.28. The largest absolute Gasteiger partial charge is 0.388 e. The lowest BCUT2D eigenvalue weighted by Crippen LogP contribution is -2.31. The Kier molecular flexibility index (Phi) is 3.68. The molecular formula is C16H22N4O. The van der Waals surface area contributed by atoms with E-state index < -0.39 is 0 Å². The van der Waals surface area contributed by atoms with Gasteiger partial charge in [-0.15, -0.1) is 0 Å². The molecule has 0 spiro atoms. The number of hydrogen-bond donors (Lipinski definition) is 2. The van der Waals surface area contributed by atoms with Gasteiger partial charge in [-0.05, 0) is 30.4 Å². The first-order valence-electron chi connectivity index (χ1n) is 7.51. The van der Waals surface area contributed by atoms with E-state index in [2.05, 4.69) is 60.4 Å². The highest BCUT2D eigenvalue weighted by atomic mass is 16.3. The van der Waals surface area contributed by atoms with Gasteiger partial charge >= 0.3 is 0 Å². The second kappa shape index (κ2) is 5.48. The van der Waals surface area contributed by atoms with Crippen molar-refractivity contribution in [2.75, 3.05) is 5.32 Å². The Hall–Kier alpha value is -1.88. The molecule has 112 valence electrons. The van der Waals surface area contributed by atoms with E-state index in [0.717, 1.165) is 12.4 Å². The maximum atomic E-state index is 9.24. The summed E-state index contributed by atoms with van der Waals surface area (Å²) in [5, 5.41) is 17.0. The topological polar surface area (TPSA) is 63.0 Å². The molecule has 5 nitrogen and oxygen atoms in total. The van der Waals surface area contributed by atoms with Crippen molar-refractivity contribution < 1.29 is 5.11 Å². The molecule has 1 aromatic carbocycles. The summed E-state index contributed by atoms with van der Waals surface area (Å²) >= 11 is 0. The molecule has 0 amide bonds. The fourth-order valence-corrected chi connectivity index (χ4v) is 2.84. The third-order valence-electron chi connectivity index (χ3n) is 4.05. The molecular weight excluding hydrogens is 264 g/mol. The number of aliphatic hydroxyl groups excluding tert-OH is 1. The molecule has 21 heavy (non-hydrogen) atoms. The van der Waals surface area contributed by atoms with Crippen molar-refractivity contribution >= 4 is 5.95 Å².